The summed E-state index contributed by atoms with van der Waals surface area (Å²) in [7, 11) is 0. The van der Waals surface area contributed by atoms with Crippen LogP contribution >= 0.6 is 0 Å². The number of rotatable bonds is 6. The van der Waals surface area contributed by atoms with E-state index < -0.39 is 0 Å². The lowest BCUT2D eigenvalue weighted by molar-refractivity contribution is 0.107. The Labute approximate surface area is 109 Å². The van der Waals surface area contributed by atoms with E-state index in [0.29, 0.717) is 0 Å². The van der Waals surface area contributed by atoms with Gasteiger partial charge in [0, 0.05) is 52.0 Å². The van der Waals surface area contributed by atoms with Crippen molar-refractivity contribution in [3.05, 3.63) is 18.2 Å². The van der Waals surface area contributed by atoms with Crippen LogP contribution in [0.25, 0.3) is 0 Å². The largest absolute Gasteiger partial charge is 0.395 e. The lowest BCUT2D eigenvalue weighted by Crippen LogP contribution is -2.46. The molecule has 102 valence electrons. The number of aryl methyl sites for hydroxylation is 1. The average molecular weight is 252 g/mol. The van der Waals surface area contributed by atoms with E-state index in [1.165, 1.54) is 5.69 Å². The molecule has 1 aliphatic rings. The molecule has 1 aromatic rings. The Morgan fingerprint density at radius 2 is 1.89 bits per heavy atom. The molecule has 1 aromatic heterocycles. The summed E-state index contributed by atoms with van der Waals surface area (Å²) >= 11 is 0. The zero-order valence-corrected chi connectivity index (χ0v) is 11.3. The van der Waals surface area contributed by atoms with Gasteiger partial charge in [-0.05, 0) is 6.42 Å². The van der Waals surface area contributed by atoms with Crippen LogP contribution in [0.1, 0.15) is 19.0 Å². The highest BCUT2D eigenvalue weighted by Crippen LogP contribution is 2.08. The summed E-state index contributed by atoms with van der Waals surface area (Å²) in [6.45, 7) is 9.59. The van der Waals surface area contributed by atoms with Crippen molar-refractivity contribution in [2.24, 2.45) is 0 Å². The van der Waals surface area contributed by atoms with E-state index in [4.69, 9.17) is 5.11 Å². The van der Waals surface area contributed by atoms with Crippen LogP contribution in [-0.2, 0) is 13.1 Å². The highest BCUT2D eigenvalue weighted by atomic mass is 16.3. The molecule has 2 rings (SSSR count). The summed E-state index contributed by atoms with van der Waals surface area (Å²) in [5, 5.41) is 8.92. The lowest BCUT2D eigenvalue weighted by Gasteiger charge is -2.34. The van der Waals surface area contributed by atoms with Crippen molar-refractivity contribution in [2.45, 2.75) is 26.4 Å². The molecule has 0 spiro atoms. The number of aliphatic hydroxyl groups excluding tert-OH is 1. The number of hydrogen-bond donors (Lipinski definition) is 1. The number of piperazine rings is 1. The van der Waals surface area contributed by atoms with E-state index >= 15 is 0 Å². The van der Waals surface area contributed by atoms with Crippen LogP contribution in [0.15, 0.2) is 12.5 Å². The van der Waals surface area contributed by atoms with Gasteiger partial charge in [0.25, 0.3) is 0 Å². The predicted octanol–water partition coefficient (Wildman–Crippen LogP) is 0.403. The quantitative estimate of drug-likeness (QED) is 0.796. The number of aliphatic hydroxyl groups is 1. The van der Waals surface area contributed by atoms with Crippen molar-refractivity contribution >= 4 is 0 Å². The molecule has 1 fully saturated rings. The van der Waals surface area contributed by atoms with Crippen LogP contribution in [0.4, 0.5) is 0 Å². The normalized spacial score (nSPS) is 18.3. The molecule has 5 nitrogen and oxygen atoms in total. The van der Waals surface area contributed by atoms with E-state index in [1.54, 1.807) is 0 Å². The summed E-state index contributed by atoms with van der Waals surface area (Å²) in [5.74, 6) is 0. The highest BCUT2D eigenvalue weighted by Gasteiger charge is 2.17. The van der Waals surface area contributed by atoms with Crippen LogP contribution < -0.4 is 0 Å². The molecule has 2 heterocycles. The van der Waals surface area contributed by atoms with E-state index in [0.717, 1.165) is 52.2 Å². The first-order valence-electron chi connectivity index (χ1n) is 6.88. The molecule has 1 N–H and O–H groups in total. The highest BCUT2D eigenvalue weighted by molar-refractivity contribution is 4.98. The molecule has 0 bridgehead atoms. The Hall–Kier alpha value is -0.910. The van der Waals surface area contributed by atoms with Crippen molar-refractivity contribution in [1.29, 1.82) is 0 Å². The summed E-state index contributed by atoms with van der Waals surface area (Å²) in [6, 6.07) is 0. The maximum atomic E-state index is 8.92. The molecule has 0 aromatic carbocycles. The van der Waals surface area contributed by atoms with Gasteiger partial charge in [0.2, 0.25) is 0 Å². The van der Waals surface area contributed by atoms with E-state index in [9.17, 15) is 0 Å². The lowest BCUT2D eigenvalue weighted by atomic mass is 10.3. The van der Waals surface area contributed by atoms with Crippen molar-refractivity contribution < 1.29 is 5.11 Å². The zero-order chi connectivity index (χ0) is 12.8. The average Bonchev–Trinajstić information content (AvgIpc) is 2.80. The second-order valence-electron chi connectivity index (χ2n) is 4.92. The molecule has 1 saturated heterocycles. The maximum absolute atomic E-state index is 8.92. The number of imidazole rings is 1. The molecule has 0 saturated carbocycles. The van der Waals surface area contributed by atoms with Gasteiger partial charge in [0.1, 0.15) is 0 Å². The van der Waals surface area contributed by atoms with Crippen molar-refractivity contribution in [2.75, 3.05) is 39.3 Å². The van der Waals surface area contributed by atoms with Crippen LogP contribution in [0, 0.1) is 0 Å². The van der Waals surface area contributed by atoms with Gasteiger partial charge in [0.15, 0.2) is 0 Å². The molecule has 1 aliphatic heterocycles. The predicted molar refractivity (Wildman–Crippen MR) is 71.3 cm³/mol. The molecule has 0 radical (unpaired) electrons. The Morgan fingerprint density at radius 1 is 1.17 bits per heavy atom. The molecule has 5 heteroatoms. The topological polar surface area (TPSA) is 44.5 Å². The summed E-state index contributed by atoms with van der Waals surface area (Å²) in [5.41, 5.74) is 1.31. The summed E-state index contributed by atoms with van der Waals surface area (Å²) in [4.78, 5) is 9.03. The first-order valence-corrected chi connectivity index (χ1v) is 6.88. The number of nitrogens with zero attached hydrogens (tertiary/aromatic N) is 4. The Kier molecular flexibility index (Phi) is 5.16. The summed E-state index contributed by atoms with van der Waals surface area (Å²) in [6.07, 6.45) is 5.06. The third kappa shape index (κ3) is 3.54. The van der Waals surface area contributed by atoms with Crippen LogP contribution in [0.3, 0.4) is 0 Å². The second kappa shape index (κ2) is 6.87. The van der Waals surface area contributed by atoms with E-state index in [2.05, 4.69) is 26.3 Å². The van der Waals surface area contributed by atoms with Crippen molar-refractivity contribution in [3.8, 4) is 0 Å². The first kappa shape index (κ1) is 13.5. The molecule has 0 aliphatic carbocycles. The van der Waals surface area contributed by atoms with Gasteiger partial charge in [-0.15, -0.1) is 0 Å². The van der Waals surface area contributed by atoms with Gasteiger partial charge in [-0.1, -0.05) is 6.92 Å². The van der Waals surface area contributed by atoms with Gasteiger partial charge in [-0.3, -0.25) is 9.80 Å². The molecular weight excluding hydrogens is 228 g/mol. The molecular formula is C13H24N4O. The van der Waals surface area contributed by atoms with Gasteiger partial charge in [0.05, 0.1) is 18.6 Å². The smallest absolute Gasteiger partial charge is 0.0948 e. The number of aromatic nitrogens is 2. The summed E-state index contributed by atoms with van der Waals surface area (Å²) < 4.78 is 2.25. The minimum absolute atomic E-state index is 0.267. The molecule has 0 amide bonds. The Morgan fingerprint density at radius 3 is 2.56 bits per heavy atom. The molecule has 0 atom stereocenters. The fraction of sp³-hybridized carbons (Fsp3) is 0.769. The van der Waals surface area contributed by atoms with Gasteiger partial charge in [-0.25, -0.2) is 4.98 Å². The Bertz CT molecular complexity index is 345. The van der Waals surface area contributed by atoms with Crippen LogP contribution in [-0.4, -0.2) is 63.8 Å². The standard InChI is InChI=1S/C13H24N4O/c1-2-3-17-12-14-10-13(17)11-16-6-4-15(5-7-16)8-9-18/h10,12,18H,2-9,11H2,1H3. The zero-order valence-electron chi connectivity index (χ0n) is 11.3. The third-order valence-electron chi connectivity index (χ3n) is 3.53. The fourth-order valence-corrected chi connectivity index (χ4v) is 2.46. The van der Waals surface area contributed by atoms with Crippen LogP contribution in [0.5, 0.6) is 0 Å². The molecule has 0 unspecified atom stereocenters. The van der Waals surface area contributed by atoms with E-state index in [-0.39, 0.29) is 6.61 Å². The first-order chi connectivity index (χ1) is 8.83. The van der Waals surface area contributed by atoms with Crippen molar-refractivity contribution in [1.82, 2.24) is 19.4 Å². The Balaban J connectivity index is 1.82. The number of β-amino-alcohol motifs (C(OH)–C–C–N with tert-alkyl or cyclic N) is 1. The SMILES string of the molecule is CCCn1cncc1CN1CCN(CCO)CC1. The molecule has 18 heavy (non-hydrogen) atoms. The van der Waals surface area contributed by atoms with Gasteiger partial charge < -0.3 is 9.67 Å². The minimum atomic E-state index is 0.267. The van der Waals surface area contributed by atoms with Crippen LogP contribution in [0.2, 0.25) is 0 Å². The van der Waals surface area contributed by atoms with Crippen molar-refractivity contribution in [3.63, 3.8) is 0 Å². The van der Waals surface area contributed by atoms with Gasteiger partial charge in [-0.2, -0.15) is 0 Å². The minimum Gasteiger partial charge on any atom is -0.395 e. The maximum Gasteiger partial charge on any atom is 0.0948 e. The fourth-order valence-electron chi connectivity index (χ4n) is 2.46. The third-order valence-corrected chi connectivity index (χ3v) is 3.53. The monoisotopic (exact) mass is 252 g/mol. The van der Waals surface area contributed by atoms with Gasteiger partial charge >= 0.3 is 0 Å². The number of hydrogen-bond acceptors (Lipinski definition) is 4. The second-order valence-corrected chi connectivity index (χ2v) is 4.92. The van der Waals surface area contributed by atoms with E-state index in [1.807, 2.05) is 12.5 Å².